The molecule has 6 aromatic carbocycles. The molecule has 8 aromatic rings. The van der Waals surface area contributed by atoms with Crippen molar-refractivity contribution in [3.63, 3.8) is 0 Å². The summed E-state index contributed by atoms with van der Waals surface area (Å²) in [5.41, 5.74) is 12.5. The molecule has 2 aromatic heterocycles. The SMILES string of the molecule is C(=Cc1ccc(-c2c3ccccc3c(-c3ccc(C=Cc4ccccc4)cc3)c3c2nc2ccccn23)cc1)c1ccccc1. The Balaban J connectivity index is 1.28. The van der Waals surface area contributed by atoms with E-state index in [0.29, 0.717) is 0 Å². The standard InChI is InChI=1S/C43H30N2/c1-3-11-31(12-4-1)18-20-33-22-26-35(27-23-33)40-37-15-7-8-16-38(37)41(43-42(40)44-39-17-9-10-30-45(39)43)36-28-24-34(25-29-36)21-19-32-13-5-2-6-14-32/h1-30H. The van der Waals surface area contributed by atoms with Crippen LogP contribution < -0.4 is 0 Å². The van der Waals surface area contributed by atoms with E-state index in [1.54, 1.807) is 0 Å². The summed E-state index contributed by atoms with van der Waals surface area (Å²) in [6.45, 7) is 0. The molecule has 0 spiro atoms. The fourth-order valence-electron chi connectivity index (χ4n) is 6.20. The Morgan fingerprint density at radius 1 is 0.400 bits per heavy atom. The molecule has 0 aliphatic heterocycles. The molecule has 2 nitrogen and oxygen atoms in total. The fraction of sp³-hybridized carbons (Fsp3) is 0. The highest BCUT2D eigenvalue weighted by molar-refractivity contribution is 6.20. The minimum Gasteiger partial charge on any atom is -0.299 e. The van der Waals surface area contributed by atoms with Crippen molar-refractivity contribution in [2.24, 2.45) is 0 Å². The third kappa shape index (κ3) is 5.13. The Morgan fingerprint density at radius 3 is 1.40 bits per heavy atom. The smallest absolute Gasteiger partial charge is 0.137 e. The Hall–Kier alpha value is -5.99. The maximum atomic E-state index is 5.24. The van der Waals surface area contributed by atoms with Crippen LogP contribution >= 0.6 is 0 Å². The zero-order chi connectivity index (χ0) is 30.0. The highest BCUT2D eigenvalue weighted by Crippen LogP contribution is 2.43. The van der Waals surface area contributed by atoms with Crippen LogP contribution in [0.4, 0.5) is 0 Å². The number of hydrogen-bond donors (Lipinski definition) is 0. The highest BCUT2D eigenvalue weighted by Gasteiger charge is 2.21. The summed E-state index contributed by atoms with van der Waals surface area (Å²) in [6, 6.07) is 53.5. The zero-order valence-corrected chi connectivity index (χ0v) is 24.7. The molecule has 0 aliphatic rings. The zero-order valence-electron chi connectivity index (χ0n) is 24.7. The molecule has 45 heavy (non-hydrogen) atoms. The molecule has 0 bridgehead atoms. The van der Waals surface area contributed by atoms with Crippen LogP contribution in [-0.2, 0) is 0 Å². The van der Waals surface area contributed by atoms with E-state index in [-0.39, 0.29) is 0 Å². The fourth-order valence-corrected chi connectivity index (χ4v) is 6.20. The first-order valence-corrected chi connectivity index (χ1v) is 15.3. The third-order valence-corrected chi connectivity index (χ3v) is 8.40. The largest absolute Gasteiger partial charge is 0.299 e. The van der Waals surface area contributed by atoms with Crippen molar-refractivity contribution in [3.05, 3.63) is 180 Å². The van der Waals surface area contributed by atoms with E-state index in [9.17, 15) is 0 Å². The van der Waals surface area contributed by atoms with Crippen molar-refractivity contribution in [3.8, 4) is 22.3 Å². The average Bonchev–Trinajstić information content (AvgIpc) is 3.49. The maximum absolute atomic E-state index is 5.24. The van der Waals surface area contributed by atoms with Gasteiger partial charge in [0.1, 0.15) is 5.65 Å². The van der Waals surface area contributed by atoms with Crippen molar-refractivity contribution < 1.29 is 0 Å². The molecule has 0 fully saturated rings. The molecular weight excluding hydrogens is 544 g/mol. The number of nitrogens with zero attached hydrogens (tertiary/aromatic N) is 2. The summed E-state index contributed by atoms with van der Waals surface area (Å²) in [4.78, 5) is 5.24. The second-order valence-electron chi connectivity index (χ2n) is 11.3. The first-order chi connectivity index (χ1) is 22.3. The maximum Gasteiger partial charge on any atom is 0.137 e. The van der Waals surface area contributed by atoms with Gasteiger partial charge in [-0.25, -0.2) is 4.98 Å². The Bertz CT molecular complexity index is 2330. The van der Waals surface area contributed by atoms with Crippen LogP contribution in [0.25, 0.3) is 74.0 Å². The third-order valence-electron chi connectivity index (χ3n) is 8.40. The Morgan fingerprint density at radius 2 is 0.844 bits per heavy atom. The monoisotopic (exact) mass is 574 g/mol. The Kier molecular flexibility index (Phi) is 6.86. The van der Waals surface area contributed by atoms with E-state index in [0.717, 1.165) is 33.4 Å². The van der Waals surface area contributed by atoms with Crippen LogP contribution in [0.1, 0.15) is 22.3 Å². The summed E-state index contributed by atoms with van der Waals surface area (Å²) >= 11 is 0. The van der Waals surface area contributed by atoms with E-state index in [4.69, 9.17) is 4.98 Å². The van der Waals surface area contributed by atoms with Crippen LogP contribution in [0.2, 0.25) is 0 Å². The van der Waals surface area contributed by atoms with Gasteiger partial charge in [0.25, 0.3) is 0 Å². The van der Waals surface area contributed by atoms with E-state index in [1.165, 1.54) is 38.6 Å². The lowest BCUT2D eigenvalue weighted by molar-refractivity contribution is 1.23. The number of rotatable bonds is 6. The van der Waals surface area contributed by atoms with Gasteiger partial charge >= 0.3 is 0 Å². The number of hydrogen-bond acceptors (Lipinski definition) is 1. The quantitative estimate of drug-likeness (QED) is 0.181. The summed E-state index contributed by atoms with van der Waals surface area (Å²) in [5.74, 6) is 0. The predicted octanol–water partition coefficient (Wildman–Crippen LogP) is 11.3. The Labute approximate surface area is 262 Å². The van der Waals surface area contributed by atoms with Gasteiger partial charge < -0.3 is 0 Å². The lowest BCUT2D eigenvalue weighted by Gasteiger charge is -2.15. The molecular formula is C43H30N2. The highest BCUT2D eigenvalue weighted by atomic mass is 15.0. The van der Waals surface area contributed by atoms with Gasteiger partial charge in [0.15, 0.2) is 0 Å². The molecule has 0 saturated carbocycles. The minimum absolute atomic E-state index is 0.940. The number of pyridine rings is 1. The molecule has 212 valence electrons. The van der Waals surface area contributed by atoms with Gasteiger partial charge in [0.05, 0.1) is 11.0 Å². The van der Waals surface area contributed by atoms with Gasteiger partial charge in [-0.2, -0.15) is 0 Å². The van der Waals surface area contributed by atoms with Crippen molar-refractivity contribution in [1.29, 1.82) is 0 Å². The summed E-state index contributed by atoms with van der Waals surface area (Å²) < 4.78 is 2.24. The van der Waals surface area contributed by atoms with E-state index < -0.39 is 0 Å². The molecule has 0 N–H and O–H groups in total. The summed E-state index contributed by atoms with van der Waals surface area (Å²) in [7, 11) is 0. The molecule has 0 unspecified atom stereocenters. The van der Waals surface area contributed by atoms with Crippen molar-refractivity contribution in [1.82, 2.24) is 9.38 Å². The van der Waals surface area contributed by atoms with Crippen molar-refractivity contribution in [2.75, 3.05) is 0 Å². The normalized spacial score (nSPS) is 11.8. The van der Waals surface area contributed by atoms with E-state index >= 15 is 0 Å². The molecule has 0 saturated heterocycles. The molecule has 0 aliphatic carbocycles. The molecule has 0 radical (unpaired) electrons. The molecule has 0 amide bonds. The van der Waals surface area contributed by atoms with Gasteiger partial charge in [0, 0.05) is 17.3 Å². The number of imidazole rings is 1. The van der Waals surface area contributed by atoms with Crippen LogP contribution in [0.3, 0.4) is 0 Å². The van der Waals surface area contributed by atoms with Crippen LogP contribution in [0.5, 0.6) is 0 Å². The van der Waals surface area contributed by atoms with E-state index in [1.807, 2.05) is 12.1 Å². The van der Waals surface area contributed by atoms with Crippen molar-refractivity contribution in [2.45, 2.75) is 0 Å². The van der Waals surface area contributed by atoms with Crippen LogP contribution in [0.15, 0.2) is 158 Å². The van der Waals surface area contributed by atoms with E-state index in [2.05, 4.69) is 174 Å². The van der Waals surface area contributed by atoms with Crippen LogP contribution in [0, 0.1) is 0 Å². The van der Waals surface area contributed by atoms with Gasteiger partial charge in [-0.1, -0.05) is 164 Å². The second-order valence-corrected chi connectivity index (χ2v) is 11.3. The number of benzene rings is 6. The lowest BCUT2D eigenvalue weighted by atomic mass is 9.89. The predicted molar refractivity (Wildman–Crippen MR) is 192 cm³/mol. The van der Waals surface area contributed by atoms with Gasteiger partial charge in [-0.15, -0.1) is 0 Å². The van der Waals surface area contributed by atoms with Gasteiger partial charge in [-0.05, 0) is 56.3 Å². The minimum atomic E-state index is 0.940. The molecule has 0 atom stereocenters. The lowest BCUT2D eigenvalue weighted by Crippen LogP contribution is -1.92. The van der Waals surface area contributed by atoms with Gasteiger partial charge in [-0.3, -0.25) is 4.40 Å². The number of fused-ring (bicyclic) bond motifs is 4. The van der Waals surface area contributed by atoms with Crippen LogP contribution in [-0.4, -0.2) is 9.38 Å². The summed E-state index contributed by atoms with van der Waals surface area (Å²) in [6.07, 6.45) is 10.8. The first-order valence-electron chi connectivity index (χ1n) is 15.3. The summed E-state index contributed by atoms with van der Waals surface area (Å²) in [5, 5.41) is 2.41. The van der Waals surface area contributed by atoms with Gasteiger partial charge in [0.2, 0.25) is 0 Å². The number of aromatic nitrogens is 2. The molecule has 2 heterocycles. The second kappa shape index (κ2) is 11.6. The van der Waals surface area contributed by atoms with Crippen molar-refractivity contribution >= 4 is 51.8 Å². The average molecular weight is 575 g/mol. The topological polar surface area (TPSA) is 17.3 Å². The molecule has 8 rings (SSSR count). The molecule has 2 heteroatoms. The first kappa shape index (κ1) is 26.6.